The van der Waals surface area contributed by atoms with Gasteiger partial charge < -0.3 is 14.9 Å². The number of halogens is 2. The summed E-state index contributed by atoms with van der Waals surface area (Å²) in [6, 6.07) is 18.7. The summed E-state index contributed by atoms with van der Waals surface area (Å²) in [6.45, 7) is -0.0155. The Hall–Kier alpha value is -3.58. The fourth-order valence-electron chi connectivity index (χ4n) is 5.04. The molecule has 2 aliphatic rings. The number of amides is 2. The molecule has 0 aliphatic carbocycles. The molecule has 2 amide bonds. The van der Waals surface area contributed by atoms with Gasteiger partial charge in [0.05, 0.1) is 18.7 Å². The number of rotatable bonds is 4. The van der Waals surface area contributed by atoms with Crippen molar-refractivity contribution in [2.45, 2.75) is 18.0 Å². The van der Waals surface area contributed by atoms with Crippen LogP contribution in [0.4, 0.5) is 8.78 Å². The van der Waals surface area contributed by atoms with Gasteiger partial charge in [0.15, 0.2) is 0 Å². The lowest BCUT2D eigenvalue weighted by Crippen LogP contribution is -2.73. The molecule has 2 aliphatic heterocycles. The van der Waals surface area contributed by atoms with E-state index in [0.717, 1.165) is 17.2 Å². The zero-order valence-electron chi connectivity index (χ0n) is 17.7. The Labute approximate surface area is 189 Å². The predicted octanol–water partition coefficient (Wildman–Crippen LogP) is 3.44. The van der Waals surface area contributed by atoms with Crippen molar-refractivity contribution >= 4 is 11.8 Å². The number of carbonyl (C=O) groups is 2. The first-order valence-corrected chi connectivity index (χ1v) is 10.8. The number of piperazine rings is 1. The summed E-state index contributed by atoms with van der Waals surface area (Å²) in [5, 5.41) is 9.96. The van der Waals surface area contributed by atoms with Crippen LogP contribution in [0.25, 0.3) is 11.1 Å². The Kier molecular flexibility index (Phi) is 5.42. The van der Waals surface area contributed by atoms with Crippen molar-refractivity contribution in [1.29, 1.82) is 0 Å². The molecule has 0 spiro atoms. The van der Waals surface area contributed by atoms with Crippen LogP contribution in [0.5, 0.6) is 0 Å². The average Bonchev–Trinajstić information content (AvgIpc) is 2.81. The van der Waals surface area contributed by atoms with Gasteiger partial charge in [0.2, 0.25) is 5.91 Å². The van der Waals surface area contributed by atoms with Crippen molar-refractivity contribution in [3.63, 3.8) is 0 Å². The Morgan fingerprint density at radius 2 is 1.76 bits per heavy atom. The summed E-state index contributed by atoms with van der Waals surface area (Å²) in [4.78, 5) is 28.8. The Morgan fingerprint density at radius 3 is 2.45 bits per heavy atom. The minimum atomic E-state index is -0.511. The predicted molar refractivity (Wildman–Crippen MR) is 118 cm³/mol. The highest BCUT2D eigenvalue weighted by Gasteiger charge is 2.54. The lowest BCUT2D eigenvalue weighted by molar-refractivity contribution is -0.159. The van der Waals surface area contributed by atoms with E-state index in [9.17, 15) is 23.5 Å². The van der Waals surface area contributed by atoms with E-state index >= 15 is 0 Å². The molecule has 7 heteroatoms. The second-order valence-electron chi connectivity index (χ2n) is 8.44. The summed E-state index contributed by atoms with van der Waals surface area (Å²) in [6.07, 6.45) is 0. The van der Waals surface area contributed by atoms with Crippen molar-refractivity contribution in [2.24, 2.45) is 0 Å². The lowest BCUT2D eigenvalue weighted by atomic mass is 9.73. The number of hydrogen-bond acceptors (Lipinski definition) is 3. The summed E-state index contributed by atoms with van der Waals surface area (Å²) in [5.74, 6) is -1.63. The molecule has 5 rings (SSSR count). The molecule has 5 nitrogen and oxygen atoms in total. The second kappa shape index (κ2) is 8.41. The fraction of sp³-hybridized carbons (Fsp3) is 0.231. The topological polar surface area (TPSA) is 60.9 Å². The van der Waals surface area contributed by atoms with E-state index in [1.165, 1.54) is 29.2 Å². The summed E-state index contributed by atoms with van der Waals surface area (Å²) in [5.41, 5.74) is 2.33. The van der Waals surface area contributed by atoms with Crippen molar-refractivity contribution in [1.82, 2.24) is 9.80 Å². The van der Waals surface area contributed by atoms with Gasteiger partial charge in [-0.3, -0.25) is 9.59 Å². The molecular formula is C26H22F2N2O3. The molecule has 3 aromatic carbocycles. The van der Waals surface area contributed by atoms with E-state index in [4.69, 9.17) is 0 Å². The van der Waals surface area contributed by atoms with E-state index in [-0.39, 0.29) is 55.0 Å². The number of aliphatic hydroxyl groups is 1. The number of benzene rings is 3. The van der Waals surface area contributed by atoms with Gasteiger partial charge in [0.25, 0.3) is 5.91 Å². The normalized spacial score (nSPS) is 22.0. The molecule has 2 saturated heterocycles. The first-order chi connectivity index (χ1) is 16.0. The number of fused-ring (bicyclic) bond motifs is 1. The van der Waals surface area contributed by atoms with E-state index in [2.05, 4.69) is 0 Å². The van der Waals surface area contributed by atoms with Crippen molar-refractivity contribution in [3.8, 4) is 11.1 Å². The van der Waals surface area contributed by atoms with Gasteiger partial charge in [-0.05, 0) is 35.4 Å². The number of aliphatic hydroxyl groups excluding tert-OH is 1. The highest BCUT2D eigenvalue weighted by Crippen LogP contribution is 2.43. The molecule has 0 radical (unpaired) electrons. The van der Waals surface area contributed by atoms with Gasteiger partial charge in [0.1, 0.15) is 18.2 Å². The van der Waals surface area contributed by atoms with Gasteiger partial charge in [0, 0.05) is 23.6 Å². The SMILES string of the molecule is O=C(c1cccc(F)c1)N1CC(=O)N2[C@H](CO)[C@H](c3ccc(-c4ccccc4F)cc3)[C@H]2C1. The Balaban J connectivity index is 1.40. The highest BCUT2D eigenvalue weighted by atomic mass is 19.1. The average molecular weight is 448 g/mol. The second-order valence-corrected chi connectivity index (χ2v) is 8.44. The smallest absolute Gasteiger partial charge is 0.254 e. The largest absolute Gasteiger partial charge is 0.394 e. The number of carbonyl (C=O) groups excluding carboxylic acids is 2. The Bertz CT molecular complexity index is 1210. The maximum absolute atomic E-state index is 14.1. The van der Waals surface area contributed by atoms with Crippen molar-refractivity contribution in [3.05, 3.63) is 95.6 Å². The quantitative estimate of drug-likeness (QED) is 0.665. The maximum atomic E-state index is 14.1. The zero-order valence-corrected chi connectivity index (χ0v) is 17.7. The van der Waals surface area contributed by atoms with Crippen molar-refractivity contribution < 1.29 is 23.5 Å². The standard InChI is InChI=1S/C26H22F2N2O3/c27-19-5-3-4-18(12-19)26(33)29-13-22-25(23(15-31)30(22)24(32)14-29)17-10-8-16(9-11-17)20-6-1-2-7-21(20)28/h1-12,22-23,25,31H,13-15H2/t22-,23-,25-/m1/s1. The molecule has 2 heterocycles. The molecule has 2 fully saturated rings. The highest BCUT2D eigenvalue weighted by molar-refractivity contribution is 5.97. The summed E-state index contributed by atoms with van der Waals surface area (Å²) in [7, 11) is 0. The van der Waals surface area contributed by atoms with Crippen LogP contribution in [0, 0.1) is 11.6 Å². The van der Waals surface area contributed by atoms with E-state index in [1.807, 2.05) is 24.3 Å². The van der Waals surface area contributed by atoms with E-state index in [0.29, 0.717) is 5.56 Å². The minimum absolute atomic E-state index is 0.110. The van der Waals surface area contributed by atoms with Gasteiger partial charge >= 0.3 is 0 Å². The third-order valence-electron chi connectivity index (χ3n) is 6.59. The third-order valence-corrected chi connectivity index (χ3v) is 6.59. The molecule has 1 N–H and O–H groups in total. The molecule has 33 heavy (non-hydrogen) atoms. The van der Waals surface area contributed by atoms with Gasteiger partial charge in [-0.25, -0.2) is 8.78 Å². The molecular weight excluding hydrogens is 426 g/mol. The lowest BCUT2D eigenvalue weighted by Gasteiger charge is -2.58. The molecule has 168 valence electrons. The monoisotopic (exact) mass is 448 g/mol. The van der Waals surface area contributed by atoms with Crippen LogP contribution in [-0.2, 0) is 4.79 Å². The van der Waals surface area contributed by atoms with Crippen LogP contribution in [0.1, 0.15) is 21.8 Å². The zero-order chi connectivity index (χ0) is 23.1. The van der Waals surface area contributed by atoms with Crippen LogP contribution >= 0.6 is 0 Å². The Morgan fingerprint density at radius 1 is 1.00 bits per heavy atom. The van der Waals surface area contributed by atoms with Crippen LogP contribution in [0.15, 0.2) is 72.8 Å². The summed E-state index contributed by atoms with van der Waals surface area (Å²) >= 11 is 0. The first kappa shape index (κ1) is 21.3. The first-order valence-electron chi connectivity index (χ1n) is 10.8. The molecule has 3 atom stereocenters. The van der Waals surface area contributed by atoms with Gasteiger partial charge in [-0.15, -0.1) is 0 Å². The van der Waals surface area contributed by atoms with Crippen LogP contribution in [-0.4, -0.2) is 58.5 Å². The minimum Gasteiger partial charge on any atom is -0.394 e. The molecule has 3 aromatic rings. The van der Waals surface area contributed by atoms with Gasteiger partial charge in [-0.1, -0.05) is 48.5 Å². The van der Waals surface area contributed by atoms with Crippen LogP contribution < -0.4 is 0 Å². The molecule has 0 unspecified atom stereocenters. The van der Waals surface area contributed by atoms with E-state index in [1.54, 1.807) is 23.1 Å². The maximum Gasteiger partial charge on any atom is 0.254 e. The fourth-order valence-corrected chi connectivity index (χ4v) is 5.04. The van der Waals surface area contributed by atoms with E-state index < -0.39 is 11.7 Å². The van der Waals surface area contributed by atoms with Crippen LogP contribution in [0.2, 0.25) is 0 Å². The van der Waals surface area contributed by atoms with Gasteiger partial charge in [-0.2, -0.15) is 0 Å². The van der Waals surface area contributed by atoms with Crippen molar-refractivity contribution in [2.75, 3.05) is 19.7 Å². The summed E-state index contributed by atoms with van der Waals surface area (Å²) < 4.78 is 27.7. The molecule has 0 aromatic heterocycles. The third kappa shape index (κ3) is 3.68. The number of nitrogens with zero attached hydrogens (tertiary/aromatic N) is 2. The molecule has 0 bridgehead atoms. The number of hydrogen-bond donors (Lipinski definition) is 1. The molecule has 0 saturated carbocycles. The van der Waals surface area contributed by atoms with Crippen LogP contribution in [0.3, 0.4) is 0 Å².